The highest BCUT2D eigenvalue weighted by Crippen LogP contribution is 2.24. The molecule has 0 bridgehead atoms. The Morgan fingerprint density at radius 2 is 2.00 bits per heavy atom. The average molecular weight is 507 g/mol. The van der Waals surface area contributed by atoms with Crippen molar-refractivity contribution in [2.75, 3.05) is 13.1 Å². The monoisotopic (exact) mass is 506 g/mol. The second kappa shape index (κ2) is 11.0. The van der Waals surface area contributed by atoms with Gasteiger partial charge in [-0.3, -0.25) is 19.5 Å². The molecule has 4 aromatic rings. The molecule has 0 aliphatic carbocycles. The Morgan fingerprint density at radius 1 is 1.22 bits per heavy atom. The molecule has 1 atom stereocenters. The Kier molecular flexibility index (Phi) is 7.54. The molecule has 0 saturated carbocycles. The third kappa shape index (κ3) is 5.33. The number of nitrogens with zero attached hydrogens (tertiary/aromatic N) is 5. The quantitative estimate of drug-likeness (QED) is 0.297. The maximum Gasteiger partial charge on any atom is 0.255 e. The van der Waals surface area contributed by atoms with Gasteiger partial charge in [0.25, 0.3) is 5.91 Å². The van der Waals surface area contributed by atoms with Crippen molar-refractivity contribution in [3.05, 3.63) is 93.1 Å². The topological polar surface area (TPSA) is 134 Å². The van der Waals surface area contributed by atoms with Crippen LogP contribution in [0.2, 0.25) is 0 Å². The lowest BCUT2D eigenvalue weighted by Gasteiger charge is -2.30. The summed E-state index contributed by atoms with van der Waals surface area (Å²) in [4.78, 5) is 43.0. The van der Waals surface area contributed by atoms with Gasteiger partial charge in [-0.1, -0.05) is 18.2 Å². The minimum atomic E-state index is -0.999. The molecular formula is C24H26N8O3S. The molecule has 1 aromatic carbocycles. The van der Waals surface area contributed by atoms with Crippen LogP contribution < -0.4 is 10.9 Å². The number of pyridine rings is 1. The van der Waals surface area contributed by atoms with Gasteiger partial charge in [-0.25, -0.2) is 4.68 Å². The number of carbonyl (C=O) groups excluding carboxylic acids is 2. The van der Waals surface area contributed by atoms with E-state index in [-0.39, 0.29) is 18.0 Å². The van der Waals surface area contributed by atoms with E-state index in [1.165, 1.54) is 23.2 Å². The number of H-pyrrole nitrogens is 2. The van der Waals surface area contributed by atoms with Crippen molar-refractivity contribution in [1.29, 1.82) is 0 Å². The van der Waals surface area contributed by atoms with Gasteiger partial charge in [0.05, 0.1) is 11.9 Å². The van der Waals surface area contributed by atoms with Gasteiger partial charge in [-0.2, -0.15) is 10.2 Å². The maximum atomic E-state index is 13.7. The smallest absolute Gasteiger partial charge is 0.255 e. The van der Waals surface area contributed by atoms with Crippen molar-refractivity contribution in [3.63, 3.8) is 0 Å². The third-order valence-electron chi connectivity index (χ3n) is 5.68. The Morgan fingerprint density at radius 3 is 2.67 bits per heavy atom. The zero-order chi connectivity index (χ0) is 25.7. The van der Waals surface area contributed by atoms with Crippen molar-refractivity contribution in [3.8, 4) is 5.69 Å². The van der Waals surface area contributed by atoms with Gasteiger partial charge in [0, 0.05) is 56.1 Å². The van der Waals surface area contributed by atoms with Crippen LogP contribution in [0.1, 0.15) is 34.7 Å². The van der Waals surface area contributed by atoms with Crippen LogP contribution in [-0.2, 0) is 18.3 Å². The molecule has 12 heteroatoms. The zero-order valence-electron chi connectivity index (χ0n) is 19.8. The summed E-state index contributed by atoms with van der Waals surface area (Å²) < 4.78 is 3.80. The maximum absolute atomic E-state index is 13.7. The van der Waals surface area contributed by atoms with Gasteiger partial charge < -0.3 is 19.8 Å². The number of nitrogens with one attached hydrogen (secondary N) is 3. The number of likely N-dealkylation sites (N-methyl/N-ethyl adjacent to an activating group) is 1. The molecule has 36 heavy (non-hydrogen) atoms. The number of para-hydroxylation sites is 1. The summed E-state index contributed by atoms with van der Waals surface area (Å²) in [6, 6.07) is 11.2. The van der Waals surface area contributed by atoms with E-state index in [0.29, 0.717) is 29.1 Å². The molecule has 3 N–H and O–H groups in total. The second-order valence-corrected chi connectivity index (χ2v) is 8.43. The van der Waals surface area contributed by atoms with Crippen molar-refractivity contribution < 1.29 is 9.59 Å². The van der Waals surface area contributed by atoms with Gasteiger partial charge in [-0.05, 0) is 37.3 Å². The molecule has 4 rings (SSSR count). The number of hydrogen-bond donors (Lipinski definition) is 3. The molecule has 0 aliphatic rings. The van der Waals surface area contributed by atoms with Crippen LogP contribution in [0.5, 0.6) is 0 Å². The molecule has 186 valence electrons. The lowest BCUT2D eigenvalue weighted by atomic mass is 10.1. The summed E-state index contributed by atoms with van der Waals surface area (Å²) in [5.74, 6) is -0.210. The van der Waals surface area contributed by atoms with E-state index < -0.39 is 17.5 Å². The number of aromatic amines is 2. The predicted molar refractivity (Wildman–Crippen MR) is 135 cm³/mol. The largest absolute Gasteiger partial charge is 0.354 e. The van der Waals surface area contributed by atoms with E-state index in [1.54, 1.807) is 35.6 Å². The van der Waals surface area contributed by atoms with Crippen molar-refractivity contribution in [2.24, 2.45) is 7.05 Å². The molecule has 2 amide bonds. The minimum Gasteiger partial charge on any atom is -0.354 e. The van der Waals surface area contributed by atoms with E-state index in [2.05, 4.69) is 25.6 Å². The van der Waals surface area contributed by atoms with Crippen LogP contribution in [0, 0.1) is 4.77 Å². The highest BCUT2D eigenvalue weighted by atomic mass is 32.1. The Labute approximate surface area is 211 Å². The fraction of sp³-hybridized carbons (Fsp3) is 0.250. The lowest BCUT2D eigenvalue weighted by molar-refractivity contribution is -0.125. The number of hydrogen-bond acceptors (Lipinski definition) is 6. The molecule has 3 heterocycles. The third-order valence-corrected chi connectivity index (χ3v) is 6.05. The lowest BCUT2D eigenvalue weighted by Crippen LogP contribution is -2.45. The average Bonchev–Trinajstić information content (AvgIpc) is 3.49. The molecule has 0 radical (unpaired) electrons. The molecule has 1 unspecified atom stereocenters. The zero-order valence-corrected chi connectivity index (χ0v) is 20.7. The Hall–Kier alpha value is -4.32. The van der Waals surface area contributed by atoms with Crippen LogP contribution in [0.15, 0.2) is 65.8 Å². The van der Waals surface area contributed by atoms with Crippen LogP contribution >= 0.6 is 12.2 Å². The van der Waals surface area contributed by atoms with Gasteiger partial charge in [-0.15, -0.1) is 0 Å². The van der Waals surface area contributed by atoms with Gasteiger partial charge in [0.15, 0.2) is 4.77 Å². The molecule has 11 nitrogen and oxygen atoms in total. The molecule has 0 fully saturated rings. The first-order valence-electron chi connectivity index (χ1n) is 11.4. The molecular weight excluding hydrogens is 480 g/mol. The molecule has 3 aromatic heterocycles. The van der Waals surface area contributed by atoms with Crippen LogP contribution in [-0.4, -0.2) is 59.3 Å². The molecule has 0 saturated heterocycles. The van der Waals surface area contributed by atoms with Crippen molar-refractivity contribution >= 4 is 24.0 Å². The summed E-state index contributed by atoms with van der Waals surface area (Å²) in [6.07, 6.45) is 5.02. The minimum absolute atomic E-state index is 0.136. The first-order valence-corrected chi connectivity index (χ1v) is 11.8. The summed E-state index contributed by atoms with van der Waals surface area (Å²) in [5.41, 5.74) is 1.09. The summed E-state index contributed by atoms with van der Waals surface area (Å²) >= 11 is 5.20. The number of carbonyl (C=O) groups is 2. The Balaban J connectivity index is 1.76. The first-order chi connectivity index (χ1) is 17.4. The number of rotatable bonds is 9. The Bertz CT molecular complexity index is 1470. The fourth-order valence-corrected chi connectivity index (χ4v) is 4.01. The number of benzene rings is 1. The normalized spacial score (nSPS) is 11.7. The van der Waals surface area contributed by atoms with Crippen LogP contribution in [0.4, 0.5) is 0 Å². The number of aromatic nitrogens is 6. The second-order valence-electron chi connectivity index (χ2n) is 8.05. The van der Waals surface area contributed by atoms with Crippen molar-refractivity contribution in [1.82, 2.24) is 39.7 Å². The molecule has 0 aliphatic heterocycles. The highest BCUT2D eigenvalue weighted by molar-refractivity contribution is 7.71. The van der Waals surface area contributed by atoms with Crippen LogP contribution in [0.25, 0.3) is 5.69 Å². The fourth-order valence-electron chi connectivity index (χ4n) is 3.86. The van der Waals surface area contributed by atoms with Gasteiger partial charge in [0.2, 0.25) is 11.5 Å². The standard InChI is InChI=1S/C24H26N8O3S/c1-3-25-22(34)21(17-14-27-32(15-17)18-7-5-4-6-8-18)31(12-10-19-28-29-24(36)30(19)2)23(35)16-9-11-26-20(33)13-16/h4-9,11,13-15,21H,3,10,12H2,1-2H3,(H,25,34)(H,26,33)(H,29,36). The summed E-state index contributed by atoms with van der Waals surface area (Å²) in [7, 11) is 1.77. The SMILES string of the molecule is CCNC(=O)C(c1cnn(-c2ccccc2)c1)N(CCc1n[nH]c(=S)n1C)C(=O)c1cc[nH]c(=O)c1. The van der Waals surface area contributed by atoms with Crippen molar-refractivity contribution in [2.45, 2.75) is 19.4 Å². The molecule has 0 spiro atoms. The summed E-state index contributed by atoms with van der Waals surface area (Å²) in [5, 5.41) is 14.2. The first kappa shape index (κ1) is 24.8. The summed E-state index contributed by atoms with van der Waals surface area (Å²) in [6.45, 7) is 2.32. The van der Waals surface area contributed by atoms with E-state index in [9.17, 15) is 14.4 Å². The van der Waals surface area contributed by atoms with E-state index in [0.717, 1.165) is 5.69 Å². The van der Waals surface area contributed by atoms with E-state index in [1.807, 2.05) is 30.3 Å². The van der Waals surface area contributed by atoms with Gasteiger partial charge in [0.1, 0.15) is 11.9 Å². The van der Waals surface area contributed by atoms with Gasteiger partial charge >= 0.3 is 0 Å². The van der Waals surface area contributed by atoms with E-state index in [4.69, 9.17) is 12.2 Å². The number of amides is 2. The van der Waals surface area contributed by atoms with Crippen LogP contribution in [0.3, 0.4) is 0 Å². The van der Waals surface area contributed by atoms with E-state index >= 15 is 0 Å². The highest BCUT2D eigenvalue weighted by Gasteiger charge is 2.33. The predicted octanol–water partition coefficient (Wildman–Crippen LogP) is 1.91.